The van der Waals surface area contributed by atoms with E-state index in [9.17, 15) is 4.79 Å². The molecule has 94 valence electrons. The van der Waals surface area contributed by atoms with Gasteiger partial charge in [0.15, 0.2) is 6.29 Å². The lowest BCUT2D eigenvalue weighted by molar-refractivity contribution is 0.112. The van der Waals surface area contributed by atoms with Gasteiger partial charge in [0.2, 0.25) is 0 Å². The minimum absolute atomic E-state index is 0.571. The first kappa shape index (κ1) is 12.8. The Labute approximate surface area is 111 Å². The molecule has 3 nitrogen and oxygen atoms in total. The van der Waals surface area contributed by atoms with Gasteiger partial charge in [-0.2, -0.15) is 5.10 Å². The Balaban J connectivity index is 2.57. The Hall–Kier alpha value is -1.61. The third-order valence-corrected chi connectivity index (χ3v) is 3.06. The van der Waals surface area contributed by atoms with E-state index in [1.807, 2.05) is 19.3 Å². The first-order chi connectivity index (χ1) is 8.65. The average molecular weight is 263 g/mol. The Morgan fingerprint density at radius 1 is 1.39 bits per heavy atom. The van der Waals surface area contributed by atoms with Gasteiger partial charge >= 0.3 is 0 Å². The Kier molecular flexibility index (Phi) is 3.82. The standard InChI is InChI=1S/C14H15ClN2O/c1-3-4-14-13(8-17(2)16-14)12-6-5-11(15)7-10(12)9-18/h5-9H,3-4H2,1-2H3. The number of aldehydes is 1. The molecule has 0 aliphatic rings. The molecule has 1 heterocycles. The quantitative estimate of drug-likeness (QED) is 0.791. The Bertz CT molecular complexity index is 575. The van der Waals surface area contributed by atoms with Crippen LogP contribution in [0.1, 0.15) is 29.4 Å². The van der Waals surface area contributed by atoms with Gasteiger partial charge in [-0.1, -0.05) is 31.0 Å². The van der Waals surface area contributed by atoms with Crippen molar-refractivity contribution in [3.63, 3.8) is 0 Å². The van der Waals surface area contributed by atoms with Gasteiger partial charge < -0.3 is 0 Å². The molecule has 2 rings (SSSR count). The fourth-order valence-electron chi connectivity index (χ4n) is 2.06. The van der Waals surface area contributed by atoms with Gasteiger partial charge in [0.1, 0.15) is 0 Å². The topological polar surface area (TPSA) is 34.9 Å². The minimum Gasteiger partial charge on any atom is -0.298 e. The molecule has 2 aromatic rings. The van der Waals surface area contributed by atoms with Crippen molar-refractivity contribution in [2.75, 3.05) is 0 Å². The molecular weight excluding hydrogens is 248 g/mol. The van der Waals surface area contributed by atoms with Crippen LogP contribution in [0.15, 0.2) is 24.4 Å². The van der Waals surface area contributed by atoms with Crippen LogP contribution in [-0.2, 0) is 13.5 Å². The zero-order valence-corrected chi connectivity index (χ0v) is 11.2. The van der Waals surface area contributed by atoms with E-state index in [0.29, 0.717) is 10.6 Å². The van der Waals surface area contributed by atoms with Gasteiger partial charge in [-0.05, 0) is 24.1 Å². The van der Waals surface area contributed by atoms with E-state index in [1.54, 1.807) is 16.8 Å². The molecule has 0 amide bonds. The largest absolute Gasteiger partial charge is 0.298 e. The van der Waals surface area contributed by atoms with Crippen LogP contribution in [0.25, 0.3) is 11.1 Å². The maximum atomic E-state index is 11.1. The zero-order valence-electron chi connectivity index (χ0n) is 10.5. The summed E-state index contributed by atoms with van der Waals surface area (Å²) >= 11 is 5.91. The van der Waals surface area contributed by atoms with E-state index < -0.39 is 0 Å². The molecule has 18 heavy (non-hydrogen) atoms. The molecule has 4 heteroatoms. The lowest BCUT2D eigenvalue weighted by Gasteiger charge is -2.05. The number of carbonyl (C=O) groups excluding carboxylic acids is 1. The summed E-state index contributed by atoms with van der Waals surface area (Å²) in [6.45, 7) is 2.11. The maximum absolute atomic E-state index is 11.1. The molecule has 0 bridgehead atoms. The highest BCUT2D eigenvalue weighted by atomic mass is 35.5. The highest BCUT2D eigenvalue weighted by Gasteiger charge is 2.13. The Morgan fingerprint density at radius 2 is 2.17 bits per heavy atom. The predicted octanol–water partition coefficient (Wildman–Crippen LogP) is 3.51. The number of aromatic nitrogens is 2. The van der Waals surface area contributed by atoms with Crippen molar-refractivity contribution < 1.29 is 4.79 Å². The van der Waals surface area contributed by atoms with Crippen molar-refractivity contribution in [2.24, 2.45) is 7.05 Å². The molecule has 0 saturated carbocycles. The summed E-state index contributed by atoms with van der Waals surface area (Å²) in [6.07, 6.45) is 4.70. The number of hydrogen-bond acceptors (Lipinski definition) is 2. The zero-order chi connectivity index (χ0) is 13.1. The highest BCUT2D eigenvalue weighted by Crippen LogP contribution is 2.28. The molecule has 0 fully saturated rings. The highest BCUT2D eigenvalue weighted by molar-refractivity contribution is 6.31. The van der Waals surface area contributed by atoms with E-state index in [4.69, 9.17) is 11.6 Å². The normalized spacial score (nSPS) is 10.6. The molecule has 0 N–H and O–H groups in total. The van der Waals surface area contributed by atoms with Crippen LogP contribution in [0, 0.1) is 0 Å². The molecule has 0 unspecified atom stereocenters. The second-order valence-corrected chi connectivity index (χ2v) is 4.70. The van der Waals surface area contributed by atoms with Crippen LogP contribution >= 0.6 is 11.6 Å². The molecule has 0 radical (unpaired) electrons. The van der Waals surface area contributed by atoms with Crippen molar-refractivity contribution in [3.05, 3.63) is 40.7 Å². The monoisotopic (exact) mass is 262 g/mol. The molecule has 1 aromatic carbocycles. The fourth-order valence-corrected chi connectivity index (χ4v) is 2.24. The summed E-state index contributed by atoms with van der Waals surface area (Å²) in [6, 6.07) is 5.36. The first-order valence-corrected chi connectivity index (χ1v) is 6.31. The number of rotatable bonds is 4. The van der Waals surface area contributed by atoms with E-state index >= 15 is 0 Å². The molecular formula is C14H15ClN2O. The molecule has 0 aliphatic heterocycles. The summed E-state index contributed by atoms with van der Waals surface area (Å²) in [5.41, 5.74) is 3.53. The second-order valence-electron chi connectivity index (χ2n) is 4.26. The van der Waals surface area contributed by atoms with Gasteiger partial charge in [0, 0.05) is 29.4 Å². The summed E-state index contributed by atoms with van der Waals surface area (Å²) in [4.78, 5) is 11.1. The summed E-state index contributed by atoms with van der Waals surface area (Å²) in [5.74, 6) is 0. The SMILES string of the molecule is CCCc1nn(C)cc1-c1ccc(Cl)cc1C=O. The van der Waals surface area contributed by atoms with Crippen LogP contribution in [0.4, 0.5) is 0 Å². The van der Waals surface area contributed by atoms with Gasteiger partial charge in [0.25, 0.3) is 0 Å². The number of hydrogen-bond donors (Lipinski definition) is 0. The number of aryl methyl sites for hydroxylation is 2. The number of halogens is 1. The van der Waals surface area contributed by atoms with E-state index in [-0.39, 0.29) is 0 Å². The third-order valence-electron chi connectivity index (χ3n) is 2.82. The van der Waals surface area contributed by atoms with Crippen LogP contribution < -0.4 is 0 Å². The van der Waals surface area contributed by atoms with Crippen molar-refractivity contribution >= 4 is 17.9 Å². The third kappa shape index (κ3) is 2.46. The number of benzene rings is 1. The van der Waals surface area contributed by atoms with E-state index in [0.717, 1.165) is 35.9 Å². The van der Waals surface area contributed by atoms with E-state index in [1.165, 1.54) is 0 Å². The Morgan fingerprint density at radius 3 is 2.83 bits per heavy atom. The smallest absolute Gasteiger partial charge is 0.150 e. The number of carbonyl (C=O) groups is 1. The number of nitrogens with zero attached hydrogens (tertiary/aromatic N) is 2. The first-order valence-electron chi connectivity index (χ1n) is 5.93. The van der Waals surface area contributed by atoms with Crippen molar-refractivity contribution in [3.8, 4) is 11.1 Å². The summed E-state index contributed by atoms with van der Waals surface area (Å²) < 4.78 is 1.78. The maximum Gasteiger partial charge on any atom is 0.150 e. The minimum atomic E-state index is 0.571. The van der Waals surface area contributed by atoms with Gasteiger partial charge in [-0.25, -0.2) is 0 Å². The second kappa shape index (κ2) is 5.36. The lowest BCUT2D eigenvalue weighted by atomic mass is 9.99. The average Bonchev–Trinajstić information content (AvgIpc) is 2.70. The van der Waals surface area contributed by atoms with Crippen molar-refractivity contribution in [1.82, 2.24) is 9.78 Å². The molecule has 0 aliphatic carbocycles. The van der Waals surface area contributed by atoms with Crippen LogP contribution in [0.5, 0.6) is 0 Å². The lowest BCUT2D eigenvalue weighted by Crippen LogP contribution is -1.92. The molecule has 0 atom stereocenters. The summed E-state index contributed by atoms with van der Waals surface area (Å²) in [5, 5.41) is 5.01. The van der Waals surface area contributed by atoms with Gasteiger partial charge in [0.05, 0.1) is 5.69 Å². The molecule has 0 spiro atoms. The van der Waals surface area contributed by atoms with Crippen molar-refractivity contribution in [1.29, 1.82) is 0 Å². The van der Waals surface area contributed by atoms with Gasteiger partial charge in [-0.3, -0.25) is 9.48 Å². The molecule has 0 saturated heterocycles. The molecule has 1 aromatic heterocycles. The van der Waals surface area contributed by atoms with Crippen molar-refractivity contribution in [2.45, 2.75) is 19.8 Å². The van der Waals surface area contributed by atoms with Crippen LogP contribution in [-0.4, -0.2) is 16.1 Å². The van der Waals surface area contributed by atoms with Gasteiger partial charge in [-0.15, -0.1) is 0 Å². The van der Waals surface area contributed by atoms with Crippen LogP contribution in [0.2, 0.25) is 5.02 Å². The predicted molar refractivity (Wildman–Crippen MR) is 73.0 cm³/mol. The van der Waals surface area contributed by atoms with E-state index in [2.05, 4.69) is 12.0 Å². The van der Waals surface area contributed by atoms with Crippen LogP contribution in [0.3, 0.4) is 0 Å². The fraction of sp³-hybridized carbons (Fsp3) is 0.286. The summed E-state index contributed by atoms with van der Waals surface area (Å²) in [7, 11) is 1.89.